The fraction of sp³-hybridized carbons (Fsp3) is 0.276. The molecule has 2 aromatic carbocycles. The number of nitrogens with zero attached hydrogens (tertiary/aromatic N) is 2. The molecule has 0 bridgehead atoms. The Balaban J connectivity index is 1.62. The van der Waals surface area contributed by atoms with Crippen LogP contribution in [0.1, 0.15) is 60.5 Å². The molecule has 2 aliphatic rings. The van der Waals surface area contributed by atoms with Gasteiger partial charge in [-0.3, -0.25) is 14.6 Å². The largest absolute Gasteiger partial charge is 0.507 e. The van der Waals surface area contributed by atoms with Crippen molar-refractivity contribution in [1.82, 2.24) is 9.88 Å². The first-order valence-corrected chi connectivity index (χ1v) is 11.9. The highest BCUT2D eigenvalue weighted by Gasteiger charge is 2.46. The van der Waals surface area contributed by atoms with Crippen LogP contribution in [0, 0.1) is 0 Å². The Bertz CT molecular complexity index is 1310. The Morgan fingerprint density at radius 1 is 1.14 bits per heavy atom. The van der Waals surface area contributed by atoms with Gasteiger partial charge in [0.2, 0.25) is 0 Å². The fourth-order valence-electron chi connectivity index (χ4n) is 4.87. The van der Waals surface area contributed by atoms with E-state index in [1.54, 1.807) is 24.5 Å². The Labute approximate surface area is 204 Å². The Morgan fingerprint density at radius 2 is 1.91 bits per heavy atom. The number of benzene rings is 2. The molecule has 178 valence electrons. The first kappa shape index (κ1) is 22.8. The van der Waals surface area contributed by atoms with Gasteiger partial charge in [-0.1, -0.05) is 44.2 Å². The number of pyridine rings is 1. The van der Waals surface area contributed by atoms with Crippen LogP contribution >= 0.6 is 0 Å². The van der Waals surface area contributed by atoms with Crippen LogP contribution in [-0.2, 0) is 22.6 Å². The SMILES string of the molecule is CC1Cc2cc(/C(O)=C3/C(=O)C(=O)N(Cc4cccnc4)C3c3ccc(C(C)C)cc3)ccc2O1. The molecule has 2 unspecified atom stereocenters. The molecule has 0 spiro atoms. The van der Waals surface area contributed by atoms with Crippen molar-refractivity contribution in [3.05, 3.63) is 100 Å². The third-order valence-electron chi connectivity index (χ3n) is 6.70. The van der Waals surface area contributed by atoms with Gasteiger partial charge in [0.1, 0.15) is 17.6 Å². The lowest BCUT2D eigenvalue weighted by atomic mass is 9.92. The van der Waals surface area contributed by atoms with Crippen molar-refractivity contribution in [1.29, 1.82) is 0 Å². The third-order valence-corrected chi connectivity index (χ3v) is 6.70. The molecular formula is C29H28N2O4. The van der Waals surface area contributed by atoms with Crippen LogP contribution in [0.2, 0.25) is 0 Å². The summed E-state index contributed by atoms with van der Waals surface area (Å²) in [4.78, 5) is 32.2. The lowest BCUT2D eigenvalue weighted by molar-refractivity contribution is -0.140. The molecule has 0 radical (unpaired) electrons. The zero-order chi connectivity index (χ0) is 24.7. The highest BCUT2D eigenvalue weighted by Crippen LogP contribution is 2.41. The van der Waals surface area contributed by atoms with Crippen molar-refractivity contribution >= 4 is 17.4 Å². The lowest BCUT2D eigenvalue weighted by Crippen LogP contribution is -2.29. The molecule has 1 saturated heterocycles. The number of aliphatic hydroxyl groups excluding tert-OH is 1. The number of rotatable bonds is 5. The average Bonchev–Trinajstić information content (AvgIpc) is 3.35. The molecule has 1 aromatic heterocycles. The van der Waals surface area contributed by atoms with Gasteiger partial charge < -0.3 is 14.7 Å². The molecule has 1 N–H and O–H groups in total. The molecule has 2 aliphatic heterocycles. The quantitative estimate of drug-likeness (QED) is 0.318. The number of Topliss-reactive ketones (excluding diaryl/α,β-unsaturated/α-hetero) is 1. The third kappa shape index (κ3) is 4.20. The highest BCUT2D eigenvalue weighted by molar-refractivity contribution is 6.46. The second kappa shape index (κ2) is 9.02. The zero-order valence-electron chi connectivity index (χ0n) is 20.1. The second-order valence-corrected chi connectivity index (χ2v) is 9.56. The normalized spacial score (nSPS) is 20.9. The molecule has 3 aromatic rings. The van der Waals surface area contributed by atoms with E-state index in [1.165, 1.54) is 4.90 Å². The minimum atomic E-state index is -0.708. The van der Waals surface area contributed by atoms with Gasteiger partial charge in [0, 0.05) is 30.9 Å². The van der Waals surface area contributed by atoms with Gasteiger partial charge in [-0.25, -0.2) is 0 Å². The molecule has 0 aliphatic carbocycles. The molecule has 0 saturated carbocycles. The van der Waals surface area contributed by atoms with Crippen LogP contribution in [0.3, 0.4) is 0 Å². The molecule has 6 heteroatoms. The maximum atomic E-state index is 13.3. The summed E-state index contributed by atoms with van der Waals surface area (Å²) in [6.45, 7) is 6.43. The van der Waals surface area contributed by atoms with Crippen molar-refractivity contribution in [3.63, 3.8) is 0 Å². The Hall–Kier alpha value is -3.93. The zero-order valence-corrected chi connectivity index (χ0v) is 20.1. The van der Waals surface area contributed by atoms with E-state index in [2.05, 4.69) is 18.8 Å². The lowest BCUT2D eigenvalue weighted by Gasteiger charge is -2.25. The summed E-state index contributed by atoms with van der Waals surface area (Å²) < 4.78 is 5.78. The van der Waals surface area contributed by atoms with E-state index in [1.807, 2.05) is 49.4 Å². The molecule has 5 rings (SSSR count). The van der Waals surface area contributed by atoms with E-state index in [9.17, 15) is 14.7 Å². The van der Waals surface area contributed by atoms with Crippen molar-refractivity contribution in [2.75, 3.05) is 0 Å². The van der Waals surface area contributed by atoms with E-state index in [0.717, 1.165) is 34.4 Å². The maximum Gasteiger partial charge on any atom is 0.295 e. The number of aliphatic hydroxyl groups is 1. The highest BCUT2D eigenvalue weighted by atomic mass is 16.5. The summed E-state index contributed by atoms with van der Waals surface area (Å²) in [6, 6.07) is 16.3. The van der Waals surface area contributed by atoms with Crippen LogP contribution < -0.4 is 4.74 Å². The average molecular weight is 469 g/mol. The minimum absolute atomic E-state index is 0.0620. The van der Waals surface area contributed by atoms with Gasteiger partial charge in [-0.2, -0.15) is 0 Å². The fourth-order valence-corrected chi connectivity index (χ4v) is 4.87. The molecule has 6 nitrogen and oxygen atoms in total. The van der Waals surface area contributed by atoms with E-state index in [0.29, 0.717) is 11.5 Å². The van der Waals surface area contributed by atoms with Crippen molar-refractivity contribution in [2.45, 2.75) is 51.8 Å². The Morgan fingerprint density at radius 3 is 2.60 bits per heavy atom. The van der Waals surface area contributed by atoms with Gasteiger partial charge in [0.15, 0.2) is 0 Å². The van der Waals surface area contributed by atoms with E-state index in [4.69, 9.17) is 4.74 Å². The minimum Gasteiger partial charge on any atom is -0.507 e. The molecule has 35 heavy (non-hydrogen) atoms. The molecule has 2 atom stereocenters. The predicted molar refractivity (Wildman–Crippen MR) is 133 cm³/mol. The topological polar surface area (TPSA) is 79.7 Å². The standard InChI is InChI=1S/C29H28N2O4/c1-17(2)20-6-8-21(9-7-20)26-25(27(32)22-10-11-24-23(14-22)13-18(3)35-24)28(33)29(34)31(26)16-19-5-4-12-30-15-19/h4-12,14-15,17-18,26,32H,13,16H2,1-3H3/b27-25-. The van der Waals surface area contributed by atoms with Gasteiger partial charge in [0.05, 0.1) is 11.6 Å². The number of likely N-dealkylation sites (tertiary alicyclic amines) is 1. The van der Waals surface area contributed by atoms with E-state index >= 15 is 0 Å². The molecule has 3 heterocycles. The van der Waals surface area contributed by atoms with Gasteiger partial charge in [-0.15, -0.1) is 0 Å². The number of carbonyl (C=O) groups excluding carboxylic acids is 2. The summed E-state index contributed by atoms with van der Waals surface area (Å²) in [5.41, 5.74) is 4.32. The Kier molecular flexibility index (Phi) is 5.89. The van der Waals surface area contributed by atoms with Crippen molar-refractivity contribution < 1.29 is 19.4 Å². The van der Waals surface area contributed by atoms with Crippen LogP contribution in [0.4, 0.5) is 0 Å². The van der Waals surface area contributed by atoms with Crippen LogP contribution in [0.15, 0.2) is 72.6 Å². The van der Waals surface area contributed by atoms with Crippen LogP contribution in [-0.4, -0.2) is 32.8 Å². The van der Waals surface area contributed by atoms with E-state index < -0.39 is 17.7 Å². The number of ketones is 1. The number of amides is 1. The summed E-state index contributed by atoms with van der Waals surface area (Å²) in [5.74, 6) is -0.355. The van der Waals surface area contributed by atoms with E-state index in [-0.39, 0.29) is 24.0 Å². The summed E-state index contributed by atoms with van der Waals surface area (Å²) >= 11 is 0. The monoisotopic (exact) mass is 468 g/mol. The number of aromatic nitrogens is 1. The van der Waals surface area contributed by atoms with Crippen molar-refractivity contribution in [2.24, 2.45) is 0 Å². The van der Waals surface area contributed by atoms with Gasteiger partial charge in [-0.05, 0) is 59.4 Å². The molecule has 1 amide bonds. The van der Waals surface area contributed by atoms with Gasteiger partial charge in [0.25, 0.3) is 11.7 Å². The summed E-state index contributed by atoms with van der Waals surface area (Å²) in [6.07, 6.45) is 4.14. The van der Waals surface area contributed by atoms with Crippen LogP contribution in [0.25, 0.3) is 5.76 Å². The summed E-state index contributed by atoms with van der Waals surface area (Å²) in [7, 11) is 0. The van der Waals surface area contributed by atoms with Crippen molar-refractivity contribution in [3.8, 4) is 5.75 Å². The first-order valence-electron chi connectivity index (χ1n) is 11.9. The number of fused-ring (bicyclic) bond motifs is 1. The molecular weight excluding hydrogens is 440 g/mol. The number of carbonyl (C=O) groups is 2. The predicted octanol–water partition coefficient (Wildman–Crippen LogP) is 5.15. The maximum absolute atomic E-state index is 13.3. The smallest absolute Gasteiger partial charge is 0.295 e. The summed E-state index contributed by atoms with van der Waals surface area (Å²) in [5, 5.41) is 11.4. The number of hydrogen-bond acceptors (Lipinski definition) is 5. The molecule has 1 fully saturated rings. The second-order valence-electron chi connectivity index (χ2n) is 9.56. The first-order chi connectivity index (χ1) is 16.8. The number of hydrogen-bond donors (Lipinski definition) is 1. The van der Waals surface area contributed by atoms with Crippen LogP contribution in [0.5, 0.6) is 5.75 Å². The van der Waals surface area contributed by atoms with Gasteiger partial charge >= 0.3 is 0 Å². The number of ether oxygens (including phenoxy) is 1.